The van der Waals surface area contributed by atoms with Crippen LogP contribution in [-0.4, -0.2) is 84.3 Å². The van der Waals surface area contributed by atoms with Gasteiger partial charge in [0.2, 0.25) is 5.88 Å². The minimum Gasteiger partial charge on any atom is -0.483 e. The molecular weight excluding hydrogens is 617 g/mol. The van der Waals surface area contributed by atoms with Gasteiger partial charge in [-0.2, -0.15) is 18.4 Å². The van der Waals surface area contributed by atoms with E-state index in [9.17, 15) is 18.0 Å². The summed E-state index contributed by atoms with van der Waals surface area (Å²) in [5.41, 5.74) is 1.15. The van der Waals surface area contributed by atoms with Gasteiger partial charge in [0.25, 0.3) is 12.4 Å². The number of anilines is 1. The molecule has 2 aromatic heterocycles. The van der Waals surface area contributed by atoms with Gasteiger partial charge in [-0.25, -0.2) is 9.97 Å². The van der Waals surface area contributed by atoms with E-state index < -0.39 is 23.8 Å². The molecule has 1 amide bonds. The van der Waals surface area contributed by atoms with Gasteiger partial charge in [0.1, 0.15) is 23.1 Å². The van der Waals surface area contributed by atoms with Crippen molar-refractivity contribution in [3.8, 4) is 29.0 Å². The molecule has 14 heteroatoms. The minimum atomic E-state index is -4.67. The van der Waals surface area contributed by atoms with Crippen LogP contribution in [0.15, 0.2) is 48.7 Å². The van der Waals surface area contributed by atoms with E-state index in [4.69, 9.17) is 29.6 Å². The first-order valence-electron chi connectivity index (χ1n) is 15.3. The maximum Gasteiger partial charge on any atom is 0.421 e. The average molecular weight is 653 g/mol. The van der Waals surface area contributed by atoms with E-state index in [1.54, 1.807) is 23.2 Å². The second-order valence-corrected chi connectivity index (χ2v) is 11.4. The molecule has 6 rings (SSSR count). The molecule has 0 saturated carbocycles. The van der Waals surface area contributed by atoms with Gasteiger partial charge >= 0.3 is 6.18 Å². The molecule has 1 atom stereocenters. The number of nitriles is 1. The fourth-order valence-electron chi connectivity index (χ4n) is 6.76. The van der Waals surface area contributed by atoms with Crippen molar-refractivity contribution in [2.75, 3.05) is 50.8 Å². The number of alkyl halides is 3. The molecule has 3 aromatic rings. The van der Waals surface area contributed by atoms with Crippen molar-refractivity contribution in [2.45, 2.75) is 43.8 Å². The summed E-state index contributed by atoms with van der Waals surface area (Å²) in [5.74, 6) is -0.0527. The summed E-state index contributed by atoms with van der Waals surface area (Å²) in [5, 5.41) is 19.1. The van der Waals surface area contributed by atoms with E-state index in [0.29, 0.717) is 68.5 Å². The number of halogens is 3. The lowest BCUT2D eigenvalue weighted by atomic mass is 9.69. The summed E-state index contributed by atoms with van der Waals surface area (Å²) < 4.78 is 53.8. The fourth-order valence-corrected chi connectivity index (χ4v) is 6.76. The third kappa shape index (κ3) is 6.80. The molecule has 5 heterocycles. The van der Waals surface area contributed by atoms with E-state index in [-0.39, 0.29) is 29.9 Å². The van der Waals surface area contributed by atoms with Gasteiger partial charge < -0.3 is 29.7 Å². The Morgan fingerprint density at radius 2 is 1.94 bits per heavy atom. The Bertz CT molecular complexity index is 1630. The number of benzene rings is 1. The second-order valence-electron chi connectivity index (χ2n) is 11.4. The zero-order valence-electron chi connectivity index (χ0n) is 25.8. The number of nitrogens with one attached hydrogen (secondary N) is 1. The Kier molecular flexibility index (Phi) is 10.1. The predicted octanol–water partition coefficient (Wildman–Crippen LogP) is 4.52. The van der Waals surface area contributed by atoms with Crippen molar-refractivity contribution in [1.82, 2.24) is 20.2 Å². The predicted molar refractivity (Wildman–Crippen MR) is 165 cm³/mol. The number of fused-ring (bicyclic) bond motifs is 2. The standard InChI is InChI=1S/C32H33F3N6O3.CH2O2/c1-2-43-29-22(5-4-14-38-29)24-9-8-23-28(39-24)30(42)41(21-10-15-37-19-21)20-31(23)11-16-40(17-12-31)25-6-3-7-26(44-18-13-36)27(25)32(33,34)35;2-1-3/h3-9,14,21,37H,2,10-12,15-20H2,1H3;1H,(H,2,3)/t21-;/m0./s1. The number of hydrogen-bond acceptors (Lipinski definition) is 9. The van der Waals surface area contributed by atoms with E-state index in [0.717, 1.165) is 18.5 Å². The second kappa shape index (κ2) is 14.3. The third-order valence-electron chi connectivity index (χ3n) is 8.85. The summed E-state index contributed by atoms with van der Waals surface area (Å²) in [6.07, 6.45) is -1.14. The largest absolute Gasteiger partial charge is 0.483 e. The van der Waals surface area contributed by atoms with E-state index in [1.165, 1.54) is 18.2 Å². The smallest absolute Gasteiger partial charge is 0.421 e. The number of pyridine rings is 2. The molecule has 2 saturated heterocycles. The molecule has 0 aliphatic carbocycles. The van der Waals surface area contributed by atoms with Crippen LogP contribution in [0.2, 0.25) is 0 Å². The molecule has 248 valence electrons. The van der Waals surface area contributed by atoms with Gasteiger partial charge in [0.05, 0.1) is 23.6 Å². The van der Waals surface area contributed by atoms with Gasteiger partial charge in [0.15, 0.2) is 6.61 Å². The summed E-state index contributed by atoms with van der Waals surface area (Å²) >= 11 is 0. The van der Waals surface area contributed by atoms with E-state index in [1.807, 2.05) is 30.0 Å². The van der Waals surface area contributed by atoms with E-state index >= 15 is 0 Å². The summed E-state index contributed by atoms with van der Waals surface area (Å²) in [4.78, 5) is 35.3. The van der Waals surface area contributed by atoms with Crippen molar-refractivity contribution in [3.05, 3.63) is 65.5 Å². The number of piperidine rings is 1. The average Bonchev–Trinajstić information content (AvgIpc) is 3.61. The van der Waals surface area contributed by atoms with Crippen LogP contribution < -0.4 is 19.7 Å². The van der Waals surface area contributed by atoms with Crippen molar-refractivity contribution < 1.29 is 37.3 Å². The quantitative estimate of drug-likeness (QED) is 0.350. The highest BCUT2D eigenvalue weighted by Gasteiger charge is 2.49. The van der Waals surface area contributed by atoms with Crippen LogP contribution in [0.4, 0.5) is 18.9 Å². The number of hydrogen-bond donors (Lipinski definition) is 2. The molecule has 47 heavy (non-hydrogen) atoms. The number of nitrogens with zero attached hydrogens (tertiary/aromatic N) is 5. The van der Waals surface area contributed by atoms with Crippen LogP contribution in [-0.2, 0) is 16.4 Å². The molecule has 0 bridgehead atoms. The molecule has 0 radical (unpaired) electrons. The Balaban J connectivity index is 0.00000139. The van der Waals surface area contributed by atoms with Crippen molar-refractivity contribution in [1.29, 1.82) is 5.26 Å². The number of rotatable bonds is 7. The first kappa shape index (κ1) is 33.5. The Hall–Kier alpha value is -4.90. The van der Waals surface area contributed by atoms with Crippen LogP contribution in [0.5, 0.6) is 11.6 Å². The monoisotopic (exact) mass is 652 g/mol. The van der Waals surface area contributed by atoms with Gasteiger partial charge in [-0.05, 0) is 68.6 Å². The lowest BCUT2D eigenvalue weighted by molar-refractivity contribution is -0.138. The number of carboxylic acid groups (broad SMARTS) is 1. The first-order valence-corrected chi connectivity index (χ1v) is 15.3. The Morgan fingerprint density at radius 3 is 2.60 bits per heavy atom. The van der Waals surface area contributed by atoms with Crippen LogP contribution in [0, 0.1) is 11.3 Å². The van der Waals surface area contributed by atoms with Gasteiger partial charge in [0, 0.05) is 43.8 Å². The highest BCUT2D eigenvalue weighted by molar-refractivity contribution is 5.96. The zero-order valence-corrected chi connectivity index (χ0v) is 25.8. The number of carbonyl (C=O) groups excluding carboxylic acids is 1. The number of carbonyl (C=O) groups is 2. The van der Waals surface area contributed by atoms with Crippen molar-refractivity contribution in [2.24, 2.45) is 0 Å². The van der Waals surface area contributed by atoms with Crippen LogP contribution in [0.25, 0.3) is 11.3 Å². The molecule has 1 spiro atoms. The number of aromatic nitrogens is 2. The van der Waals surface area contributed by atoms with Crippen LogP contribution in [0.1, 0.15) is 47.8 Å². The summed E-state index contributed by atoms with van der Waals surface area (Å²) in [7, 11) is 0. The molecule has 3 aliphatic heterocycles. The SMILES string of the molecule is CCOc1ncccc1-c1ccc2c(n1)C(=O)N([C@H]1CCNC1)CC21CCN(c2cccc(OCC#N)c2C(F)(F)F)CC1.O=CO. The maximum absolute atomic E-state index is 14.3. The summed E-state index contributed by atoms with van der Waals surface area (Å²) in [6, 6.07) is 13.5. The van der Waals surface area contributed by atoms with Crippen LogP contribution in [0.3, 0.4) is 0 Å². The molecule has 2 N–H and O–H groups in total. The molecule has 0 unspecified atom stereocenters. The maximum atomic E-state index is 14.3. The third-order valence-corrected chi connectivity index (χ3v) is 8.85. The lowest BCUT2D eigenvalue weighted by Gasteiger charge is -2.50. The highest BCUT2D eigenvalue weighted by Crippen LogP contribution is 2.47. The number of amides is 1. The summed E-state index contributed by atoms with van der Waals surface area (Å²) in [6.45, 7) is 4.24. The van der Waals surface area contributed by atoms with Gasteiger partial charge in [-0.1, -0.05) is 12.1 Å². The normalized spacial score (nSPS) is 18.5. The van der Waals surface area contributed by atoms with E-state index in [2.05, 4.69) is 10.3 Å². The van der Waals surface area contributed by atoms with Crippen LogP contribution >= 0.6 is 0 Å². The van der Waals surface area contributed by atoms with Crippen molar-refractivity contribution >= 4 is 18.1 Å². The molecule has 11 nitrogen and oxygen atoms in total. The highest BCUT2D eigenvalue weighted by atomic mass is 19.4. The van der Waals surface area contributed by atoms with Crippen molar-refractivity contribution in [3.63, 3.8) is 0 Å². The Labute approximate surface area is 269 Å². The first-order chi connectivity index (χ1) is 22.7. The Morgan fingerprint density at radius 1 is 1.17 bits per heavy atom. The molecule has 2 fully saturated rings. The number of ether oxygens (including phenoxy) is 2. The topological polar surface area (TPSA) is 141 Å². The molecular formula is C33H35F3N6O5. The lowest BCUT2D eigenvalue weighted by Crippen LogP contribution is -2.57. The fraction of sp³-hybridized carbons (Fsp3) is 0.424. The molecule has 1 aromatic carbocycles. The van der Waals surface area contributed by atoms with Gasteiger partial charge in [-0.15, -0.1) is 0 Å². The molecule has 3 aliphatic rings. The van der Waals surface area contributed by atoms with Gasteiger partial charge in [-0.3, -0.25) is 9.59 Å². The zero-order chi connectivity index (χ0) is 33.6. The minimum absolute atomic E-state index is 0.0131.